The molecule has 1 amide bonds. The van der Waals surface area contributed by atoms with E-state index in [4.69, 9.17) is 11.6 Å². The van der Waals surface area contributed by atoms with Crippen molar-refractivity contribution in [1.29, 1.82) is 0 Å². The first-order chi connectivity index (χ1) is 11.3. The van der Waals surface area contributed by atoms with E-state index in [0.29, 0.717) is 6.07 Å². The van der Waals surface area contributed by atoms with Crippen molar-refractivity contribution in [2.45, 2.75) is 6.18 Å². The van der Waals surface area contributed by atoms with Crippen molar-refractivity contribution in [3.05, 3.63) is 58.9 Å². The van der Waals surface area contributed by atoms with Gasteiger partial charge in [0.1, 0.15) is 0 Å². The molecule has 9 heteroatoms. The van der Waals surface area contributed by atoms with Crippen molar-refractivity contribution in [3.8, 4) is 0 Å². The fourth-order valence-electron chi connectivity index (χ4n) is 1.70. The van der Waals surface area contributed by atoms with Gasteiger partial charge in [-0.15, -0.1) is 0 Å². The normalized spacial score (nSPS) is 11.0. The molecule has 1 aromatic heterocycles. The average molecular weight is 359 g/mol. The second-order valence-electron chi connectivity index (χ2n) is 4.54. The molecule has 1 aromatic carbocycles. The van der Waals surface area contributed by atoms with Crippen LogP contribution in [-0.4, -0.2) is 23.5 Å². The molecule has 0 fully saturated rings. The lowest BCUT2D eigenvalue weighted by atomic mass is 10.1. The Labute approximate surface area is 139 Å². The predicted molar refractivity (Wildman–Crippen MR) is 79.6 cm³/mol. The number of rotatable bonds is 4. The summed E-state index contributed by atoms with van der Waals surface area (Å²) in [5, 5.41) is 2.41. The van der Waals surface area contributed by atoms with Crippen molar-refractivity contribution in [1.82, 2.24) is 4.98 Å². The van der Waals surface area contributed by atoms with E-state index >= 15 is 0 Å². The summed E-state index contributed by atoms with van der Waals surface area (Å²) in [5.74, 6) is -1.75. The van der Waals surface area contributed by atoms with E-state index in [-0.39, 0.29) is 16.4 Å². The Bertz CT molecular complexity index is 766. The Morgan fingerprint density at radius 2 is 1.96 bits per heavy atom. The SMILES string of the molecule is O=C(COC(=O)c1cccc(C(F)(F)F)c1)Nc1cccnc1Cl. The van der Waals surface area contributed by atoms with Crippen LogP contribution in [0, 0.1) is 0 Å². The molecule has 1 N–H and O–H groups in total. The van der Waals surface area contributed by atoms with E-state index in [0.717, 1.165) is 18.2 Å². The number of hydrogen-bond donors (Lipinski definition) is 1. The molecule has 0 unspecified atom stereocenters. The van der Waals surface area contributed by atoms with Crippen LogP contribution < -0.4 is 5.32 Å². The van der Waals surface area contributed by atoms with E-state index in [9.17, 15) is 22.8 Å². The van der Waals surface area contributed by atoms with Gasteiger partial charge in [0.05, 0.1) is 16.8 Å². The molecule has 0 saturated carbocycles. The molecule has 0 atom stereocenters. The maximum atomic E-state index is 12.6. The molecule has 24 heavy (non-hydrogen) atoms. The molecule has 0 saturated heterocycles. The largest absolute Gasteiger partial charge is 0.452 e. The fourth-order valence-corrected chi connectivity index (χ4v) is 1.87. The Hall–Kier alpha value is -2.61. The third-order valence-electron chi connectivity index (χ3n) is 2.79. The van der Waals surface area contributed by atoms with E-state index in [2.05, 4.69) is 15.0 Å². The van der Waals surface area contributed by atoms with Gasteiger partial charge in [0, 0.05) is 6.20 Å². The fraction of sp³-hybridized carbons (Fsp3) is 0.133. The molecule has 0 aliphatic rings. The van der Waals surface area contributed by atoms with Gasteiger partial charge in [-0.05, 0) is 30.3 Å². The lowest BCUT2D eigenvalue weighted by Gasteiger charge is -2.09. The molecule has 0 bridgehead atoms. The number of carbonyl (C=O) groups excluding carboxylic acids is 2. The summed E-state index contributed by atoms with van der Waals surface area (Å²) >= 11 is 5.75. The summed E-state index contributed by atoms with van der Waals surface area (Å²) < 4.78 is 42.5. The van der Waals surface area contributed by atoms with Crippen LogP contribution in [0.4, 0.5) is 18.9 Å². The topological polar surface area (TPSA) is 68.3 Å². The van der Waals surface area contributed by atoms with E-state index < -0.39 is 30.2 Å². The minimum absolute atomic E-state index is 0.0510. The summed E-state index contributed by atoms with van der Waals surface area (Å²) in [5.41, 5.74) is -1.07. The van der Waals surface area contributed by atoms with Gasteiger partial charge < -0.3 is 10.1 Å². The van der Waals surface area contributed by atoms with Gasteiger partial charge in [-0.25, -0.2) is 9.78 Å². The number of amides is 1. The molecular weight excluding hydrogens is 349 g/mol. The number of carbonyl (C=O) groups is 2. The number of nitrogens with zero attached hydrogens (tertiary/aromatic N) is 1. The summed E-state index contributed by atoms with van der Waals surface area (Å²) in [7, 11) is 0. The quantitative estimate of drug-likeness (QED) is 0.670. The summed E-state index contributed by atoms with van der Waals surface area (Å²) in [6.07, 6.45) is -3.16. The number of alkyl halides is 3. The number of anilines is 1. The maximum Gasteiger partial charge on any atom is 0.416 e. The lowest BCUT2D eigenvalue weighted by molar-refractivity contribution is -0.137. The first-order valence-corrected chi connectivity index (χ1v) is 6.90. The second-order valence-corrected chi connectivity index (χ2v) is 4.90. The number of ether oxygens (including phenoxy) is 1. The Morgan fingerprint density at radius 1 is 1.21 bits per heavy atom. The monoisotopic (exact) mass is 358 g/mol. The highest BCUT2D eigenvalue weighted by Crippen LogP contribution is 2.29. The van der Waals surface area contributed by atoms with Crippen LogP contribution in [-0.2, 0) is 15.7 Å². The van der Waals surface area contributed by atoms with Crippen LogP contribution in [0.1, 0.15) is 15.9 Å². The van der Waals surface area contributed by atoms with Gasteiger partial charge in [-0.2, -0.15) is 13.2 Å². The van der Waals surface area contributed by atoms with Crippen molar-refractivity contribution >= 4 is 29.2 Å². The van der Waals surface area contributed by atoms with Crippen LogP contribution >= 0.6 is 11.6 Å². The van der Waals surface area contributed by atoms with E-state index in [1.165, 1.54) is 18.3 Å². The smallest absolute Gasteiger partial charge is 0.416 e. The van der Waals surface area contributed by atoms with Gasteiger partial charge in [-0.3, -0.25) is 4.79 Å². The van der Waals surface area contributed by atoms with Crippen LogP contribution in [0.3, 0.4) is 0 Å². The minimum Gasteiger partial charge on any atom is -0.452 e. The summed E-state index contributed by atoms with van der Waals surface area (Å²) in [6.45, 7) is -0.680. The molecule has 0 aliphatic heterocycles. The number of esters is 1. The van der Waals surface area contributed by atoms with Crippen LogP contribution in [0.25, 0.3) is 0 Å². The molecule has 5 nitrogen and oxygen atoms in total. The minimum atomic E-state index is -4.58. The lowest BCUT2D eigenvalue weighted by Crippen LogP contribution is -2.21. The third-order valence-corrected chi connectivity index (χ3v) is 3.09. The van der Waals surface area contributed by atoms with Gasteiger partial charge >= 0.3 is 12.1 Å². The summed E-state index contributed by atoms with van der Waals surface area (Å²) in [6, 6.07) is 6.74. The van der Waals surface area contributed by atoms with Crippen LogP contribution in [0.5, 0.6) is 0 Å². The standard InChI is InChI=1S/C15H10ClF3N2O3/c16-13-11(5-2-6-20-13)21-12(22)8-24-14(23)9-3-1-4-10(7-9)15(17,18)19/h1-7H,8H2,(H,21,22). The number of hydrogen-bond acceptors (Lipinski definition) is 4. The molecular formula is C15H10ClF3N2O3. The summed E-state index contributed by atoms with van der Waals surface area (Å²) in [4.78, 5) is 27.2. The zero-order valence-corrected chi connectivity index (χ0v) is 12.7. The number of halogens is 4. The zero-order chi connectivity index (χ0) is 17.7. The first-order valence-electron chi connectivity index (χ1n) is 6.52. The Kier molecular flexibility index (Phi) is 5.40. The van der Waals surface area contributed by atoms with Crippen LogP contribution in [0.2, 0.25) is 5.15 Å². The van der Waals surface area contributed by atoms with Gasteiger partial charge in [0.15, 0.2) is 11.8 Å². The predicted octanol–water partition coefficient (Wildman–Crippen LogP) is 3.55. The van der Waals surface area contributed by atoms with E-state index in [1.54, 1.807) is 0 Å². The molecule has 0 aliphatic carbocycles. The van der Waals surface area contributed by atoms with Crippen molar-refractivity contribution < 1.29 is 27.5 Å². The average Bonchev–Trinajstić information content (AvgIpc) is 2.54. The van der Waals surface area contributed by atoms with Gasteiger partial charge in [0.25, 0.3) is 5.91 Å². The van der Waals surface area contributed by atoms with Crippen molar-refractivity contribution in [2.75, 3.05) is 11.9 Å². The van der Waals surface area contributed by atoms with Crippen LogP contribution in [0.15, 0.2) is 42.6 Å². The maximum absolute atomic E-state index is 12.6. The van der Waals surface area contributed by atoms with Crippen molar-refractivity contribution in [2.24, 2.45) is 0 Å². The van der Waals surface area contributed by atoms with E-state index in [1.807, 2.05) is 0 Å². The molecule has 0 radical (unpaired) electrons. The second kappa shape index (κ2) is 7.31. The highest BCUT2D eigenvalue weighted by molar-refractivity contribution is 6.32. The number of pyridine rings is 1. The first kappa shape index (κ1) is 17.7. The van der Waals surface area contributed by atoms with Gasteiger partial charge in [0.2, 0.25) is 0 Å². The van der Waals surface area contributed by atoms with Crippen molar-refractivity contribution in [3.63, 3.8) is 0 Å². The Morgan fingerprint density at radius 3 is 2.62 bits per heavy atom. The zero-order valence-electron chi connectivity index (χ0n) is 11.9. The number of aromatic nitrogens is 1. The highest BCUT2D eigenvalue weighted by Gasteiger charge is 2.31. The number of benzene rings is 1. The third kappa shape index (κ3) is 4.69. The molecule has 126 valence electrons. The molecule has 2 aromatic rings. The molecule has 0 spiro atoms. The molecule has 2 rings (SSSR count). The number of nitrogens with one attached hydrogen (secondary N) is 1. The Balaban J connectivity index is 1.96. The highest BCUT2D eigenvalue weighted by atomic mass is 35.5. The van der Waals surface area contributed by atoms with Gasteiger partial charge in [-0.1, -0.05) is 17.7 Å². The molecule has 1 heterocycles.